The van der Waals surface area contributed by atoms with Crippen LogP contribution in [0.2, 0.25) is 0 Å². The summed E-state index contributed by atoms with van der Waals surface area (Å²) in [7, 11) is 0. The van der Waals surface area contributed by atoms with Crippen LogP contribution in [0, 0.1) is 5.82 Å². The Hall–Kier alpha value is -2.21. The minimum Gasteiger partial charge on any atom is -0.394 e. The molecule has 1 aromatic heterocycles. The predicted octanol–water partition coefficient (Wildman–Crippen LogP) is 2.93. The van der Waals surface area contributed by atoms with Gasteiger partial charge in [-0.1, -0.05) is 36.4 Å². The largest absolute Gasteiger partial charge is 0.394 e. The SMILES string of the molecule is OCCOCCNCc1cn(Cc2ccccc2F)c2ccccc12. The third-order valence-corrected chi connectivity index (χ3v) is 4.14. The second-order valence-electron chi connectivity index (χ2n) is 5.90. The van der Waals surface area contributed by atoms with Gasteiger partial charge in [-0.15, -0.1) is 0 Å². The second-order valence-corrected chi connectivity index (χ2v) is 5.90. The van der Waals surface area contributed by atoms with Gasteiger partial charge in [0.1, 0.15) is 5.82 Å². The molecular formula is C20H23FN2O2. The highest BCUT2D eigenvalue weighted by molar-refractivity contribution is 5.84. The highest BCUT2D eigenvalue weighted by atomic mass is 19.1. The molecular weight excluding hydrogens is 319 g/mol. The highest BCUT2D eigenvalue weighted by Crippen LogP contribution is 2.23. The van der Waals surface area contributed by atoms with Gasteiger partial charge in [-0.25, -0.2) is 4.39 Å². The molecule has 0 bridgehead atoms. The van der Waals surface area contributed by atoms with Crippen LogP contribution in [0.3, 0.4) is 0 Å². The fraction of sp³-hybridized carbons (Fsp3) is 0.300. The molecule has 0 aliphatic carbocycles. The lowest BCUT2D eigenvalue weighted by Gasteiger charge is -2.06. The summed E-state index contributed by atoms with van der Waals surface area (Å²) in [4.78, 5) is 0. The van der Waals surface area contributed by atoms with Crippen molar-refractivity contribution in [1.82, 2.24) is 9.88 Å². The Morgan fingerprint density at radius 3 is 2.64 bits per heavy atom. The van der Waals surface area contributed by atoms with Crippen molar-refractivity contribution in [2.45, 2.75) is 13.1 Å². The molecule has 5 heteroatoms. The van der Waals surface area contributed by atoms with Gasteiger partial charge in [0, 0.05) is 35.8 Å². The Bertz CT molecular complexity index is 816. The van der Waals surface area contributed by atoms with E-state index < -0.39 is 0 Å². The van der Waals surface area contributed by atoms with Crippen molar-refractivity contribution in [3.8, 4) is 0 Å². The average molecular weight is 342 g/mol. The second kappa shape index (κ2) is 8.76. The standard InChI is InChI=1S/C20H23FN2O2/c21-19-7-3-1-5-16(19)14-23-15-17(13-22-9-11-25-12-10-24)18-6-2-4-8-20(18)23/h1-8,15,22,24H,9-14H2. The third kappa shape index (κ3) is 4.45. The maximum absolute atomic E-state index is 14.0. The van der Waals surface area contributed by atoms with Gasteiger partial charge < -0.3 is 19.7 Å². The summed E-state index contributed by atoms with van der Waals surface area (Å²) in [6.07, 6.45) is 2.08. The lowest BCUT2D eigenvalue weighted by molar-refractivity contribution is 0.0938. The molecule has 0 unspecified atom stereocenters. The van der Waals surface area contributed by atoms with Crippen molar-refractivity contribution in [3.63, 3.8) is 0 Å². The summed E-state index contributed by atoms with van der Waals surface area (Å²) < 4.78 is 21.3. The van der Waals surface area contributed by atoms with Gasteiger partial charge in [-0.05, 0) is 17.7 Å². The van der Waals surface area contributed by atoms with Crippen LogP contribution in [0.4, 0.5) is 4.39 Å². The van der Waals surface area contributed by atoms with E-state index in [1.54, 1.807) is 6.07 Å². The molecule has 25 heavy (non-hydrogen) atoms. The van der Waals surface area contributed by atoms with Gasteiger partial charge in [0.2, 0.25) is 0 Å². The first-order chi connectivity index (χ1) is 12.3. The van der Waals surface area contributed by atoms with E-state index in [2.05, 4.69) is 28.2 Å². The third-order valence-electron chi connectivity index (χ3n) is 4.14. The van der Waals surface area contributed by atoms with Crippen molar-refractivity contribution in [1.29, 1.82) is 0 Å². The number of fused-ring (bicyclic) bond motifs is 1. The number of aliphatic hydroxyl groups is 1. The first-order valence-corrected chi connectivity index (χ1v) is 8.49. The summed E-state index contributed by atoms with van der Waals surface area (Å²) in [5.41, 5.74) is 2.95. The summed E-state index contributed by atoms with van der Waals surface area (Å²) >= 11 is 0. The van der Waals surface area contributed by atoms with E-state index in [4.69, 9.17) is 9.84 Å². The van der Waals surface area contributed by atoms with Crippen LogP contribution < -0.4 is 5.32 Å². The number of aromatic nitrogens is 1. The molecule has 0 fully saturated rings. The van der Waals surface area contributed by atoms with Crippen molar-refractivity contribution in [2.24, 2.45) is 0 Å². The van der Waals surface area contributed by atoms with E-state index in [1.165, 1.54) is 17.0 Å². The van der Waals surface area contributed by atoms with Crippen LogP contribution in [-0.2, 0) is 17.8 Å². The Labute approximate surface area is 146 Å². The number of hydrogen-bond acceptors (Lipinski definition) is 3. The highest BCUT2D eigenvalue weighted by Gasteiger charge is 2.09. The number of nitrogens with one attached hydrogen (secondary N) is 1. The Kier molecular flexibility index (Phi) is 6.17. The summed E-state index contributed by atoms with van der Waals surface area (Å²) in [5.74, 6) is -0.180. The first kappa shape index (κ1) is 17.6. The van der Waals surface area contributed by atoms with Crippen LogP contribution >= 0.6 is 0 Å². The van der Waals surface area contributed by atoms with E-state index in [1.807, 2.05) is 24.3 Å². The number of ether oxygens (including phenoxy) is 1. The molecule has 3 aromatic rings. The number of hydrogen-bond donors (Lipinski definition) is 2. The quantitative estimate of drug-likeness (QED) is 0.588. The van der Waals surface area contributed by atoms with Gasteiger partial charge in [0.05, 0.1) is 26.4 Å². The molecule has 0 saturated heterocycles. The van der Waals surface area contributed by atoms with Crippen LogP contribution in [-0.4, -0.2) is 36.0 Å². The summed E-state index contributed by atoms with van der Waals surface area (Å²) in [6.45, 7) is 2.91. The van der Waals surface area contributed by atoms with Gasteiger partial charge in [-0.3, -0.25) is 0 Å². The molecule has 0 atom stereocenters. The van der Waals surface area contributed by atoms with Gasteiger partial charge in [0.15, 0.2) is 0 Å². The van der Waals surface area contributed by atoms with E-state index in [-0.39, 0.29) is 12.4 Å². The number of rotatable bonds is 9. The molecule has 1 heterocycles. The minimum absolute atomic E-state index is 0.0452. The zero-order chi connectivity index (χ0) is 17.5. The van der Waals surface area contributed by atoms with E-state index in [0.29, 0.717) is 38.4 Å². The first-order valence-electron chi connectivity index (χ1n) is 8.49. The van der Waals surface area contributed by atoms with E-state index in [0.717, 1.165) is 5.52 Å². The molecule has 0 aliphatic rings. The van der Waals surface area contributed by atoms with Gasteiger partial charge in [0.25, 0.3) is 0 Å². The molecule has 132 valence electrons. The molecule has 0 aliphatic heterocycles. The maximum Gasteiger partial charge on any atom is 0.128 e. The lowest BCUT2D eigenvalue weighted by atomic mass is 10.2. The smallest absolute Gasteiger partial charge is 0.128 e. The van der Waals surface area contributed by atoms with Crippen LogP contribution in [0.1, 0.15) is 11.1 Å². The summed E-state index contributed by atoms with van der Waals surface area (Å²) in [5, 5.41) is 13.2. The molecule has 0 spiro atoms. The number of aliphatic hydroxyl groups excluding tert-OH is 1. The summed E-state index contributed by atoms with van der Waals surface area (Å²) in [6, 6.07) is 15.1. The molecule has 4 nitrogen and oxygen atoms in total. The number of para-hydroxylation sites is 1. The molecule has 0 saturated carbocycles. The van der Waals surface area contributed by atoms with Gasteiger partial charge in [-0.2, -0.15) is 0 Å². The maximum atomic E-state index is 14.0. The van der Waals surface area contributed by atoms with E-state index >= 15 is 0 Å². The molecule has 0 amide bonds. The zero-order valence-corrected chi connectivity index (χ0v) is 14.1. The number of halogens is 1. The van der Waals surface area contributed by atoms with Crippen molar-refractivity contribution in [2.75, 3.05) is 26.4 Å². The predicted molar refractivity (Wildman–Crippen MR) is 97.1 cm³/mol. The zero-order valence-electron chi connectivity index (χ0n) is 14.1. The molecule has 3 rings (SSSR count). The number of benzene rings is 2. The van der Waals surface area contributed by atoms with Crippen molar-refractivity contribution >= 4 is 10.9 Å². The topological polar surface area (TPSA) is 46.4 Å². The Balaban J connectivity index is 1.73. The molecule has 2 N–H and O–H groups in total. The lowest BCUT2D eigenvalue weighted by Crippen LogP contribution is -2.19. The van der Waals surface area contributed by atoms with Crippen LogP contribution in [0.25, 0.3) is 10.9 Å². The van der Waals surface area contributed by atoms with Crippen LogP contribution in [0.5, 0.6) is 0 Å². The van der Waals surface area contributed by atoms with Gasteiger partial charge >= 0.3 is 0 Å². The molecule has 2 aromatic carbocycles. The average Bonchev–Trinajstić information content (AvgIpc) is 2.98. The monoisotopic (exact) mass is 342 g/mol. The fourth-order valence-electron chi connectivity index (χ4n) is 2.94. The Morgan fingerprint density at radius 1 is 1.00 bits per heavy atom. The van der Waals surface area contributed by atoms with Crippen LogP contribution in [0.15, 0.2) is 54.7 Å². The minimum atomic E-state index is -0.180. The molecule has 0 radical (unpaired) electrons. The van der Waals surface area contributed by atoms with Crippen molar-refractivity contribution in [3.05, 3.63) is 71.7 Å². The fourth-order valence-corrected chi connectivity index (χ4v) is 2.94. The normalized spacial score (nSPS) is 11.3. The number of nitrogens with zero attached hydrogens (tertiary/aromatic N) is 1. The Morgan fingerprint density at radius 2 is 1.80 bits per heavy atom. The van der Waals surface area contributed by atoms with E-state index in [9.17, 15) is 4.39 Å². The van der Waals surface area contributed by atoms with Crippen molar-refractivity contribution < 1.29 is 14.2 Å².